The third kappa shape index (κ3) is 4.00. The molecule has 0 atom stereocenters. The maximum atomic E-state index is 11.8. The number of carbonyl (C=O) groups is 2. The van der Waals surface area contributed by atoms with Gasteiger partial charge in [-0.25, -0.2) is 0 Å². The molecule has 0 aromatic rings. The van der Waals surface area contributed by atoms with Crippen LogP contribution in [0.4, 0.5) is 0 Å². The molecule has 0 radical (unpaired) electrons. The van der Waals surface area contributed by atoms with Crippen molar-refractivity contribution in [3.8, 4) is 0 Å². The Bertz CT molecular complexity index is 294. The molecule has 1 heterocycles. The van der Waals surface area contributed by atoms with Crippen molar-refractivity contribution in [2.45, 2.75) is 39.2 Å². The van der Waals surface area contributed by atoms with Gasteiger partial charge in [-0.1, -0.05) is 6.92 Å². The number of aliphatic hydroxyl groups excluding tert-OH is 1. The predicted molar refractivity (Wildman–Crippen MR) is 64.3 cm³/mol. The van der Waals surface area contributed by atoms with E-state index in [9.17, 15) is 9.59 Å². The Morgan fingerprint density at radius 2 is 1.88 bits per heavy atom. The first-order chi connectivity index (χ1) is 7.85. The topological polar surface area (TPSA) is 69.6 Å². The van der Waals surface area contributed by atoms with Crippen LogP contribution in [0.3, 0.4) is 0 Å². The number of nitrogens with one attached hydrogen (secondary N) is 1. The van der Waals surface area contributed by atoms with Crippen molar-refractivity contribution in [1.29, 1.82) is 0 Å². The molecule has 98 valence electrons. The van der Waals surface area contributed by atoms with Gasteiger partial charge in [0.1, 0.15) is 0 Å². The summed E-state index contributed by atoms with van der Waals surface area (Å²) in [5.41, 5.74) is -0.754. The smallest absolute Gasteiger partial charge is 0.311 e. The Morgan fingerprint density at radius 3 is 2.35 bits per heavy atom. The first kappa shape index (κ1) is 14.0. The molecule has 17 heavy (non-hydrogen) atoms. The van der Waals surface area contributed by atoms with Crippen LogP contribution < -0.4 is 5.32 Å². The van der Waals surface area contributed by atoms with Gasteiger partial charge in [0.2, 0.25) is 0 Å². The minimum atomic E-state index is -0.754. The van der Waals surface area contributed by atoms with E-state index in [1.165, 1.54) is 0 Å². The van der Waals surface area contributed by atoms with Gasteiger partial charge in [-0.05, 0) is 32.6 Å². The second kappa shape index (κ2) is 5.49. The van der Waals surface area contributed by atoms with Gasteiger partial charge >= 0.3 is 11.8 Å². The molecule has 1 saturated heterocycles. The average molecular weight is 242 g/mol. The third-order valence-corrected chi connectivity index (χ3v) is 3.11. The summed E-state index contributed by atoms with van der Waals surface area (Å²) < 4.78 is 0. The van der Waals surface area contributed by atoms with Gasteiger partial charge in [-0.3, -0.25) is 9.59 Å². The molecule has 1 rings (SSSR count). The summed E-state index contributed by atoms with van der Waals surface area (Å²) in [7, 11) is 0. The summed E-state index contributed by atoms with van der Waals surface area (Å²) in [6.45, 7) is 6.60. The second-order valence-electron chi connectivity index (χ2n) is 5.47. The number of rotatable bonds is 2. The zero-order valence-electron chi connectivity index (χ0n) is 10.8. The molecule has 0 aromatic heterocycles. The molecular weight excluding hydrogens is 220 g/mol. The number of likely N-dealkylation sites (tertiary alicyclic amines) is 1. The number of hydrogen-bond acceptors (Lipinski definition) is 3. The molecule has 0 aromatic carbocycles. The number of carbonyl (C=O) groups excluding carboxylic acids is 2. The van der Waals surface area contributed by atoms with Gasteiger partial charge in [-0.15, -0.1) is 0 Å². The van der Waals surface area contributed by atoms with Crippen LogP contribution >= 0.6 is 0 Å². The van der Waals surface area contributed by atoms with E-state index in [0.717, 1.165) is 12.8 Å². The van der Waals surface area contributed by atoms with Crippen molar-refractivity contribution in [2.24, 2.45) is 5.92 Å². The molecule has 2 N–H and O–H groups in total. The lowest BCUT2D eigenvalue weighted by Gasteiger charge is -2.31. The van der Waals surface area contributed by atoms with Crippen LogP contribution in [0.5, 0.6) is 0 Å². The molecule has 0 spiro atoms. The maximum Gasteiger partial charge on any atom is 0.311 e. The van der Waals surface area contributed by atoms with E-state index in [1.807, 2.05) is 0 Å². The fourth-order valence-electron chi connectivity index (χ4n) is 1.76. The first-order valence-electron chi connectivity index (χ1n) is 6.08. The fourth-order valence-corrected chi connectivity index (χ4v) is 1.76. The van der Waals surface area contributed by atoms with Crippen molar-refractivity contribution in [3.05, 3.63) is 0 Å². The molecule has 0 bridgehead atoms. The van der Waals surface area contributed by atoms with Crippen LogP contribution in [0.1, 0.15) is 33.6 Å². The van der Waals surface area contributed by atoms with Crippen molar-refractivity contribution < 1.29 is 14.7 Å². The number of hydrogen-bond donors (Lipinski definition) is 2. The largest absolute Gasteiger partial charge is 0.394 e. The molecule has 1 fully saturated rings. The third-order valence-electron chi connectivity index (χ3n) is 3.11. The molecule has 1 aliphatic rings. The van der Waals surface area contributed by atoms with Crippen LogP contribution in [-0.2, 0) is 9.59 Å². The quantitative estimate of drug-likeness (QED) is 0.676. The highest BCUT2D eigenvalue weighted by Crippen LogP contribution is 2.16. The number of nitrogens with zero attached hydrogens (tertiary/aromatic N) is 1. The van der Waals surface area contributed by atoms with Gasteiger partial charge in [0.05, 0.1) is 12.1 Å². The van der Waals surface area contributed by atoms with Crippen LogP contribution in [-0.4, -0.2) is 47.1 Å². The predicted octanol–water partition coefficient (Wildman–Crippen LogP) is 0.132. The molecule has 2 amide bonds. The van der Waals surface area contributed by atoms with E-state index in [4.69, 9.17) is 5.11 Å². The molecule has 1 aliphatic heterocycles. The van der Waals surface area contributed by atoms with Gasteiger partial charge in [0.25, 0.3) is 0 Å². The van der Waals surface area contributed by atoms with Crippen molar-refractivity contribution in [2.75, 3.05) is 19.7 Å². The molecule has 0 saturated carbocycles. The minimum absolute atomic E-state index is 0.191. The van der Waals surface area contributed by atoms with Gasteiger partial charge in [0.15, 0.2) is 0 Å². The number of aliphatic hydroxyl groups is 1. The minimum Gasteiger partial charge on any atom is -0.394 e. The van der Waals surface area contributed by atoms with Crippen LogP contribution in [0.2, 0.25) is 0 Å². The Morgan fingerprint density at radius 1 is 1.35 bits per heavy atom. The summed E-state index contributed by atoms with van der Waals surface area (Å²) in [5.74, 6) is -0.493. The zero-order valence-corrected chi connectivity index (χ0v) is 10.8. The second-order valence-corrected chi connectivity index (χ2v) is 5.47. The van der Waals surface area contributed by atoms with Gasteiger partial charge in [0, 0.05) is 13.1 Å². The first-order valence-corrected chi connectivity index (χ1v) is 6.08. The van der Waals surface area contributed by atoms with E-state index >= 15 is 0 Å². The highest BCUT2D eigenvalue weighted by Gasteiger charge is 2.29. The maximum absolute atomic E-state index is 11.8. The fraction of sp³-hybridized carbons (Fsp3) is 0.833. The van der Waals surface area contributed by atoms with E-state index in [1.54, 1.807) is 18.7 Å². The molecule has 5 nitrogen and oxygen atoms in total. The standard InChI is InChI=1S/C12H22N2O3/c1-9-4-6-14(7-5-9)11(17)10(16)13-12(2,3)8-15/h9,15H,4-8H2,1-3H3,(H,13,16). The van der Waals surface area contributed by atoms with Crippen molar-refractivity contribution in [3.63, 3.8) is 0 Å². The highest BCUT2D eigenvalue weighted by molar-refractivity contribution is 6.35. The van der Waals surface area contributed by atoms with E-state index in [-0.39, 0.29) is 6.61 Å². The van der Waals surface area contributed by atoms with E-state index < -0.39 is 17.4 Å². The molecule has 5 heteroatoms. The average Bonchev–Trinajstić information content (AvgIpc) is 2.28. The molecule has 0 unspecified atom stereocenters. The summed E-state index contributed by atoms with van der Waals surface area (Å²) in [6.07, 6.45) is 1.89. The van der Waals surface area contributed by atoms with Crippen LogP contribution in [0.25, 0.3) is 0 Å². The van der Waals surface area contributed by atoms with Gasteiger partial charge < -0.3 is 15.3 Å². The Hall–Kier alpha value is -1.10. The van der Waals surface area contributed by atoms with Crippen LogP contribution in [0.15, 0.2) is 0 Å². The lowest BCUT2D eigenvalue weighted by atomic mass is 9.99. The summed E-state index contributed by atoms with van der Waals surface area (Å²) in [4.78, 5) is 25.1. The number of amides is 2. The number of piperidine rings is 1. The molecule has 0 aliphatic carbocycles. The summed E-state index contributed by atoms with van der Waals surface area (Å²) >= 11 is 0. The SMILES string of the molecule is CC1CCN(C(=O)C(=O)NC(C)(C)CO)CC1. The zero-order chi connectivity index (χ0) is 13.1. The van der Waals surface area contributed by atoms with Crippen molar-refractivity contribution in [1.82, 2.24) is 10.2 Å². The molecular formula is C12H22N2O3. The highest BCUT2D eigenvalue weighted by atomic mass is 16.3. The van der Waals surface area contributed by atoms with Crippen LogP contribution in [0, 0.1) is 5.92 Å². The Labute approximate surface area is 102 Å². The van der Waals surface area contributed by atoms with Gasteiger partial charge in [-0.2, -0.15) is 0 Å². The van der Waals surface area contributed by atoms with Crippen molar-refractivity contribution >= 4 is 11.8 Å². The summed E-state index contributed by atoms with van der Waals surface area (Å²) in [6, 6.07) is 0. The Balaban J connectivity index is 2.50. The monoisotopic (exact) mass is 242 g/mol. The Kier molecular flexibility index (Phi) is 4.51. The van der Waals surface area contributed by atoms with E-state index in [0.29, 0.717) is 19.0 Å². The summed E-state index contributed by atoms with van der Waals surface area (Å²) in [5, 5.41) is 11.6. The van der Waals surface area contributed by atoms with E-state index in [2.05, 4.69) is 12.2 Å². The lowest BCUT2D eigenvalue weighted by molar-refractivity contribution is -0.147. The normalized spacial score (nSPS) is 18.0. The lowest BCUT2D eigenvalue weighted by Crippen LogP contribution is -2.53.